The van der Waals surface area contributed by atoms with Crippen molar-refractivity contribution in [2.45, 2.75) is 19.4 Å². The molecule has 0 heterocycles. The first-order valence-electron chi connectivity index (χ1n) is 4.59. The van der Waals surface area contributed by atoms with Crippen LogP contribution in [0.3, 0.4) is 0 Å². The standard InChI is InChI=1S/C11H19NO2/c1-6-7-10(8-12(4)5)14-11(13)9(2)3/h6,10H,1-2,7-8H2,3-5H3. The van der Waals surface area contributed by atoms with Gasteiger partial charge in [-0.25, -0.2) is 4.79 Å². The second-order valence-corrected chi connectivity index (χ2v) is 3.59. The van der Waals surface area contributed by atoms with Crippen molar-refractivity contribution in [3.8, 4) is 0 Å². The topological polar surface area (TPSA) is 29.5 Å². The van der Waals surface area contributed by atoms with E-state index in [1.807, 2.05) is 19.0 Å². The van der Waals surface area contributed by atoms with Gasteiger partial charge >= 0.3 is 5.97 Å². The summed E-state index contributed by atoms with van der Waals surface area (Å²) in [6.07, 6.45) is 2.28. The van der Waals surface area contributed by atoms with Crippen molar-refractivity contribution in [1.29, 1.82) is 0 Å². The van der Waals surface area contributed by atoms with Gasteiger partial charge in [0.2, 0.25) is 0 Å². The Morgan fingerprint density at radius 2 is 2.14 bits per heavy atom. The van der Waals surface area contributed by atoms with E-state index in [0.717, 1.165) is 0 Å². The van der Waals surface area contributed by atoms with Gasteiger partial charge < -0.3 is 9.64 Å². The van der Waals surface area contributed by atoms with E-state index in [4.69, 9.17) is 4.74 Å². The molecule has 0 saturated heterocycles. The molecule has 1 atom stereocenters. The van der Waals surface area contributed by atoms with Crippen molar-refractivity contribution in [3.05, 3.63) is 24.8 Å². The molecule has 3 nitrogen and oxygen atoms in total. The molecule has 0 saturated carbocycles. The molecule has 14 heavy (non-hydrogen) atoms. The van der Waals surface area contributed by atoms with Crippen LogP contribution >= 0.6 is 0 Å². The smallest absolute Gasteiger partial charge is 0.333 e. The lowest BCUT2D eigenvalue weighted by atomic mass is 10.2. The minimum Gasteiger partial charge on any atom is -0.457 e. The molecule has 0 aliphatic carbocycles. The molecule has 0 aliphatic rings. The minimum absolute atomic E-state index is 0.133. The number of esters is 1. The van der Waals surface area contributed by atoms with Gasteiger partial charge in [0.1, 0.15) is 6.10 Å². The Hall–Kier alpha value is -1.09. The third-order valence-electron chi connectivity index (χ3n) is 1.62. The highest BCUT2D eigenvalue weighted by Gasteiger charge is 2.14. The van der Waals surface area contributed by atoms with E-state index in [1.165, 1.54) is 0 Å². The second kappa shape index (κ2) is 6.38. The molecule has 3 heteroatoms. The van der Waals surface area contributed by atoms with Gasteiger partial charge in [0, 0.05) is 18.5 Å². The van der Waals surface area contributed by atoms with E-state index < -0.39 is 0 Å². The van der Waals surface area contributed by atoms with Crippen molar-refractivity contribution in [2.75, 3.05) is 20.6 Å². The zero-order valence-electron chi connectivity index (χ0n) is 9.25. The summed E-state index contributed by atoms with van der Waals surface area (Å²) in [7, 11) is 3.87. The van der Waals surface area contributed by atoms with Gasteiger partial charge in [0.15, 0.2) is 0 Å². The summed E-state index contributed by atoms with van der Waals surface area (Å²) < 4.78 is 5.21. The molecule has 0 rings (SSSR count). The third-order valence-corrected chi connectivity index (χ3v) is 1.62. The lowest BCUT2D eigenvalue weighted by Crippen LogP contribution is -2.30. The van der Waals surface area contributed by atoms with Crippen molar-refractivity contribution in [1.82, 2.24) is 4.90 Å². The SMILES string of the molecule is C=CCC(CN(C)C)OC(=O)C(=C)C. The molecule has 0 radical (unpaired) electrons. The Bertz CT molecular complexity index is 221. The highest BCUT2D eigenvalue weighted by Crippen LogP contribution is 2.04. The van der Waals surface area contributed by atoms with Crippen LogP contribution in [0.4, 0.5) is 0 Å². The largest absolute Gasteiger partial charge is 0.457 e. The molecule has 0 fully saturated rings. The van der Waals surface area contributed by atoms with E-state index in [9.17, 15) is 4.79 Å². The van der Waals surface area contributed by atoms with E-state index in [2.05, 4.69) is 13.2 Å². The fourth-order valence-electron chi connectivity index (χ4n) is 1.01. The number of nitrogens with zero attached hydrogens (tertiary/aromatic N) is 1. The molecular formula is C11H19NO2. The first kappa shape index (κ1) is 12.9. The first-order valence-corrected chi connectivity index (χ1v) is 4.59. The van der Waals surface area contributed by atoms with Gasteiger partial charge in [0.25, 0.3) is 0 Å². The Balaban J connectivity index is 4.14. The van der Waals surface area contributed by atoms with Gasteiger partial charge in [-0.1, -0.05) is 12.7 Å². The number of carbonyl (C=O) groups excluding carboxylic acids is 1. The molecule has 0 aromatic rings. The van der Waals surface area contributed by atoms with Crippen LogP contribution in [-0.2, 0) is 9.53 Å². The number of carbonyl (C=O) groups is 1. The van der Waals surface area contributed by atoms with Crippen molar-refractivity contribution < 1.29 is 9.53 Å². The van der Waals surface area contributed by atoms with E-state index in [-0.39, 0.29) is 12.1 Å². The normalized spacial score (nSPS) is 12.3. The summed E-state index contributed by atoms with van der Waals surface area (Å²) in [6.45, 7) is 9.50. The van der Waals surface area contributed by atoms with Crippen LogP contribution in [0.25, 0.3) is 0 Å². The fourth-order valence-corrected chi connectivity index (χ4v) is 1.01. The molecule has 0 bridgehead atoms. The maximum absolute atomic E-state index is 11.2. The second-order valence-electron chi connectivity index (χ2n) is 3.59. The van der Waals surface area contributed by atoms with Gasteiger partial charge in [-0.05, 0) is 21.0 Å². The molecule has 0 amide bonds. The third kappa shape index (κ3) is 5.54. The lowest BCUT2D eigenvalue weighted by Gasteiger charge is -2.20. The molecule has 0 aliphatic heterocycles. The Kier molecular flexibility index (Phi) is 5.88. The van der Waals surface area contributed by atoms with Gasteiger partial charge in [-0.15, -0.1) is 6.58 Å². The number of ether oxygens (including phenoxy) is 1. The molecule has 1 unspecified atom stereocenters. The first-order chi connectivity index (χ1) is 6.47. The molecule has 0 N–H and O–H groups in total. The molecule has 0 spiro atoms. The van der Waals surface area contributed by atoms with Crippen LogP contribution in [-0.4, -0.2) is 37.6 Å². The summed E-state index contributed by atoms with van der Waals surface area (Å²) in [4.78, 5) is 13.2. The summed E-state index contributed by atoms with van der Waals surface area (Å²) in [5.41, 5.74) is 0.429. The zero-order valence-corrected chi connectivity index (χ0v) is 9.25. The van der Waals surface area contributed by atoms with Crippen molar-refractivity contribution >= 4 is 5.97 Å². The summed E-state index contributed by atoms with van der Waals surface area (Å²) >= 11 is 0. The predicted molar refractivity (Wildman–Crippen MR) is 58.1 cm³/mol. The fraction of sp³-hybridized carbons (Fsp3) is 0.545. The monoisotopic (exact) mass is 197 g/mol. The van der Waals surface area contributed by atoms with Crippen LogP contribution in [0, 0.1) is 0 Å². The maximum Gasteiger partial charge on any atom is 0.333 e. The summed E-state index contributed by atoms with van der Waals surface area (Å²) in [5.74, 6) is -0.335. The van der Waals surface area contributed by atoms with Gasteiger partial charge in [-0.3, -0.25) is 0 Å². The van der Waals surface area contributed by atoms with Crippen LogP contribution in [0.5, 0.6) is 0 Å². The Morgan fingerprint density at radius 3 is 2.50 bits per heavy atom. The van der Waals surface area contributed by atoms with E-state index in [1.54, 1.807) is 13.0 Å². The summed E-state index contributed by atoms with van der Waals surface area (Å²) in [6, 6.07) is 0. The lowest BCUT2D eigenvalue weighted by molar-refractivity contribution is -0.144. The summed E-state index contributed by atoms with van der Waals surface area (Å²) in [5, 5.41) is 0. The Morgan fingerprint density at radius 1 is 1.57 bits per heavy atom. The average Bonchev–Trinajstić information content (AvgIpc) is 2.02. The zero-order chi connectivity index (χ0) is 11.1. The van der Waals surface area contributed by atoms with Crippen LogP contribution in [0.15, 0.2) is 24.8 Å². The van der Waals surface area contributed by atoms with Crippen molar-refractivity contribution in [2.24, 2.45) is 0 Å². The number of rotatable bonds is 6. The van der Waals surface area contributed by atoms with Crippen LogP contribution in [0.1, 0.15) is 13.3 Å². The van der Waals surface area contributed by atoms with Crippen molar-refractivity contribution in [3.63, 3.8) is 0 Å². The maximum atomic E-state index is 11.2. The minimum atomic E-state index is -0.335. The molecule has 80 valence electrons. The van der Waals surface area contributed by atoms with Gasteiger partial charge in [-0.2, -0.15) is 0 Å². The van der Waals surface area contributed by atoms with Crippen LogP contribution in [0.2, 0.25) is 0 Å². The molecule has 0 aromatic heterocycles. The predicted octanol–water partition coefficient (Wildman–Crippen LogP) is 1.61. The molecule has 0 aromatic carbocycles. The van der Waals surface area contributed by atoms with E-state index in [0.29, 0.717) is 18.5 Å². The average molecular weight is 197 g/mol. The highest BCUT2D eigenvalue weighted by molar-refractivity contribution is 5.87. The number of hydrogen-bond acceptors (Lipinski definition) is 3. The number of hydrogen-bond donors (Lipinski definition) is 0. The highest BCUT2D eigenvalue weighted by atomic mass is 16.5. The van der Waals surface area contributed by atoms with E-state index >= 15 is 0 Å². The van der Waals surface area contributed by atoms with Gasteiger partial charge in [0.05, 0.1) is 0 Å². The quantitative estimate of drug-likeness (QED) is 0.368. The van der Waals surface area contributed by atoms with Crippen LogP contribution < -0.4 is 0 Å². The number of likely N-dealkylation sites (N-methyl/N-ethyl adjacent to an activating group) is 1. The Labute approximate surface area is 86.0 Å². The molecular weight excluding hydrogens is 178 g/mol.